The van der Waals surface area contributed by atoms with Gasteiger partial charge in [-0.3, -0.25) is 10.1 Å². The van der Waals surface area contributed by atoms with Gasteiger partial charge in [0.15, 0.2) is 0 Å². The number of aryl methyl sites for hydroxylation is 1. The number of carbonyl (C=O) groups excluding carboxylic acids is 1. The highest BCUT2D eigenvalue weighted by Gasteiger charge is 2.53. The first-order valence-electron chi connectivity index (χ1n) is 10.4. The molecule has 3 aliphatic carbocycles. The Kier molecular flexibility index (Phi) is 4.12. The number of aliphatic hydroxyl groups is 1. The van der Waals surface area contributed by atoms with Crippen molar-refractivity contribution in [3.63, 3.8) is 0 Å². The van der Waals surface area contributed by atoms with Crippen LogP contribution in [0.1, 0.15) is 67.1 Å². The van der Waals surface area contributed by atoms with E-state index >= 15 is 0 Å². The highest BCUT2D eigenvalue weighted by molar-refractivity contribution is 5.80. The fraction of sp³-hybridized carbons (Fsp3) is 0.682. The first-order chi connectivity index (χ1) is 12.9. The van der Waals surface area contributed by atoms with E-state index in [1.807, 2.05) is 11.9 Å². The molecule has 5 rings (SSSR count). The van der Waals surface area contributed by atoms with Crippen molar-refractivity contribution >= 4 is 5.91 Å². The molecule has 3 saturated carbocycles. The van der Waals surface area contributed by atoms with Crippen LogP contribution in [0.15, 0.2) is 18.2 Å². The maximum atomic E-state index is 12.8. The maximum Gasteiger partial charge on any atom is 0.225 e. The van der Waals surface area contributed by atoms with Crippen LogP contribution in [0.5, 0.6) is 0 Å². The number of benzene rings is 1. The van der Waals surface area contributed by atoms with Crippen LogP contribution < -0.4 is 5.32 Å². The van der Waals surface area contributed by atoms with E-state index in [2.05, 4.69) is 30.4 Å². The fourth-order valence-corrected chi connectivity index (χ4v) is 5.33. The summed E-state index contributed by atoms with van der Waals surface area (Å²) in [5.41, 5.74) is 4.24. The Hall–Kier alpha value is -1.43. The second-order valence-electron chi connectivity index (χ2n) is 9.35. The first-order valence-corrected chi connectivity index (χ1v) is 10.4. The first kappa shape index (κ1) is 17.7. The van der Waals surface area contributed by atoms with E-state index in [1.54, 1.807) is 0 Å². The average molecular weight is 370 g/mol. The van der Waals surface area contributed by atoms with Gasteiger partial charge in [0.1, 0.15) is 0 Å². The van der Waals surface area contributed by atoms with E-state index < -0.39 is 6.41 Å². The zero-order valence-electron chi connectivity index (χ0n) is 16.3. The van der Waals surface area contributed by atoms with Crippen molar-refractivity contribution in [2.75, 3.05) is 13.7 Å². The van der Waals surface area contributed by atoms with Crippen molar-refractivity contribution in [1.29, 1.82) is 0 Å². The van der Waals surface area contributed by atoms with Gasteiger partial charge in [-0.05, 0) is 74.0 Å². The number of rotatable bonds is 4. The summed E-state index contributed by atoms with van der Waals surface area (Å²) in [5, 5.41) is 12.5. The normalized spacial score (nSPS) is 37.7. The quantitative estimate of drug-likeness (QED) is 0.855. The third-order valence-corrected chi connectivity index (χ3v) is 7.36. The molecule has 4 aliphatic rings. The van der Waals surface area contributed by atoms with Crippen molar-refractivity contribution in [2.45, 2.75) is 75.3 Å². The Morgan fingerprint density at radius 2 is 2.00 bits per heavy atom. The minimum Gasteiger partial charge on any atom is -0.356 e. The van der Waals surface area contributed by atoms with Gasteiger partial charge in [0, 0.05) is 24.5 Å². The van der Waals surface area contributed by atoms with E-state index in [-0.39, 0.29) is 17.4 Å². The highest BCUT2D eigenvalue weighted by Crippen LogP contribution is 2.46. The fourth-order valence-electron chi connectivity index (χ4n) is 5.33. The molecule has 2 N–H and O–H groups in total. The lowest BCUT2D eigenvalue weighted by Crippen LogP contribution is -2.59. The molecule has 1 aromatic carbocycles. The van der Waals surface area contributed by atoms with Crippen molar-refractivity contribution in [3.05, 3.63) is 34.9 Å². The molecular formula is C22H30N2O3. The van der Waals surface area contributed by atoms with Crippen LogP contribution in [-0.2, 0) is 9.53 Å². The van der Waals surface area contributed by atoms with Gasteiger partial charge in [0.05, 0.1) is 6.61 Å². The third kappa shape index (κ3) is 3.10. The zero-order valence-corrected chi connectivity index (χ0v) is 16.3. The lowest BCUT2D eigenvalue weighted by atomic mass is 9.67. The molecule has 0 bridgehead atoms. The summed E-state index contributed by atoms with van der Waals surface area (Å²) in [4.78, 5) is 14.8. The summed E-state index contributed by atoms with van der Waals surface area (Å²) in [6.07, 6.45) is 5.51. The van der Waals surface area contributed by atoms with Crippen LogP contribution in [-0.4, -0.2) is 47.6 Å². The maximum absolute atomic E-state index is 12.8. The Balaban J connectivity index is 1.14. The molecule has 4 fully saturated rings. The minimum atomic E-state index is -0.874. The van der Waals surface area contributed by atoms with Gasteiger partial charge in [-0.1, -0.05) is 18.2 Å². The van der Waals surface area contributed by atoms with E-state index in [0.29, 0.717) is 18.6 Å². The van der Waals surface area contributed by atoms with Gasteiger partial charge in [0.2, 0.25) is 12.3 Å². The number of hydrogen-bond acceptors (Lipinski definition) is 4. The predicted molar refractivity (Wildman–Crippen MR) is 102 cm³/mol. The van der Waals surface area contributed by atoms with E-state index in [4.69, 9.17) is 4.74 Å². The predicted octanol–water partition coefficient (Wildman–Crippen LogP) is 2.62. The zero-order chi connectivity index (χ0) is 18.8. The summed E-state index contributed by atoms with van der Waals surface area (Å²) in [5.74, 6) is 1.72. The number of carbonyl (C=O) groups is 1. The molecule has 5 nitrogen and oxygen atoms in total. The van der Waals surface area contributed by atoms with Crippen LogP contribution in [0.4, 0.5) is 0 Å². The number of nitrogens with one attached hydrogen (secondary N) is 1. The topological polar surface area (TPSA) is 61.8 Å². The summed E-state index contributed by atoms with van der Waals surface area (Å²) < 4.78 is 5.20. The SMILES string of the molecule is Cc1cc([C@H]2C[C@@H](N(C)C(=O)[C@H]3C[C@]4(COC(O)N4)C3)C2)ccc1C1CC1. The molecular weight excluding hydrogens is 340 g/mol. The minimum absolute atomic E-state index is 0.0653. The summed E-state index contributed by atoms with van der Waals surface area (Å²) >= 11 is 0. The van der Waals surface area contributed by atoms with Crippen LogP contribution in [0.25, 0.3) is 0 Å². The molecule has 1 saturated heterocycles. The number of amides is 1. The lowest BCUT2D eigenvalue weighted by Gasteiger charge is -2.48. The second-order valence-corrected chi connectivity index (χ2v) is 9.35. The van der Waals surface area contributed by atoms with Crippen molar-refractivity contribution in [2.24, 2.45) is 5.92 Å². The van der Waals surface area contributed by atoms with E-state index in [0.717, 1.165) is 31.6 Å². The van der Waals surface area contributed by atoms with Crippen LogP contribution in [0.2, 0.25) is 0 Å². The summed E-state index contributed by atoms with van der Waals surface area (Å²) in [6.45, 7) is 2.75. The molecule has 1 aromatic rings. The number of nitrogens with zero attached hydrogens (tertiary/aromatic N) is 1. The third-order valence-electron chi connectivity index (χ3n) is 7.36. The largest absolute Gasteiger partial charge is 0.356 e. The van der Waals surface area contributed by atoms with Gasteiger partial charge in [-0.2, -0.15) is 0 Å². The van der Waals surface area contributed by atoms with Crippen LogP contribution >= 0.6 is 0 Å². The highest BCUT2D eigenvalue weighted by atomic mass is 16.6. The van der Waals surface area contributed by atoms with Crippen molar-refractivity contribution in [3.8, 4) is 0 Å². The molecule has 1 amide bonds. The monoisotopic (exact) mass is 370 g/mol. The second kappa shape index (κ2) is 6.29. The van der Waals surface area contributed by atoms with Crippen LogP contribution in [0, 0.1) is 12.8 Å². The smallest absolute Gasteiger partial charge is 0.225 e. The van der Waals surface area contributed by atoms with E-state index in [9.17, 15) is 9.90 Å². The van der Waals surface area contributed by atoms with Crippen LogP contribution in [0.3, 0.4) is 0 Å². The van der Waals surface area contributed by atoms with E-state index in [1.165, 1.54) is 29.5 Å². The molecule has 1 unspecified atom stereocenters. The summed E-state index contributed by atoms with van der Waals surface area (Å²) in [6, 6.07) is 7.39. The van der Waals surface area contributed by atoms with Gasteiger partial charge in [-0.15, -0.1) is 0 Å². The molecule has 1 spiro atoms. The molecule has 0 aromatic heterocycles. The van der Waals surface area contributed by atoms with Gasteiger partial charge in [-0.25, -0.2) is 0 Å². The standard InChI is InChI=1S/C22H30N2O3/c1-13-7-15(5-6-19(13)14-3-4-14)16-8-18(9-16)24(2)20(25)17-10-22(11-17)12-27-21(26)23-22/h5-7,14,16-18,21,23,26H,3-4,8-12H2,1-2H3/t16-,17-,18+,21?,22+. The van der Waals surface area contributed by atoms with Crippen molar-refractivity contribution in [1.82, 2.24) is 10.2 Å². The Bertz CT molecular complexity index is 748. The van der Waals surface area contributed by atoms with Gasteiger partial charge < -0.3 is 14.7 Å². The van der Waals surface area contributed by atoms with Gasteiger partial charge >= 0.3 is 0 Å². The number of aliphatic hydroxyl groups excluding tert-OH is 1. The lowest BCUT2D eigenvalue weighted by molar-refractivity contribution is -0.143. The number of hydrogen-bond donors (Lipinski definition) is 2. The Labute approximate surface area is 161 Å². The molecule has 0 radical (unpaired) electrons. The molecule has 146 valence electrons. The molecule has 27 heavy (non-hydrogen) atoms. The van der Waals surface area contributed by atoms with Crippen molar-refractivity contribution < 1.29 is 14.6 Å². The summed E-state index contributed by atoms with van der Waals surface area (Å²) in [7, 11) is 1.96. The Morgan fingerprint density at radius 1 is 1.26 bits per heavy atom. The molecule has 1 heterocycles. The molecule has 1 aliphatic heterocycles. The number of ether oxygens (including phenoxy) is 1. The molecule has 5 heteroatoms. The Morgan fingerprint density at radius 3 is 2.59 bits per heavy atom. The average Bonchev–Trinajstić information content (AvgIpc) is 3.32. The van der Waals surface area contributed by atoms with Gasteiger partial charge in [0.25, 0.3) is 0 Å². The molecule has 1 atom stereocenters.